The van der Waals surface area contributed by atoms with Crippen LogP contribution in [0.2, 0.25) is 0 Å². The molecule has 0 saturated heterocycles. The highest BCUT2D eigenvalue weighted by atomic mass is 32.2. The molecule has 2 nitrogen and oxygen atoms in total. The number of rotatable bonds is 5. The summed E-state index contributed by atoms with van der Waals surface area (Å²) in [6.07, 6.45) is 1.59. The number of benzene rings is 2. The maximum Gasteiger partial charge on any atom is 0.186 e. The van der Waals surface area contributed by atoms with Gasteiger partial charge in [-0.3, -0.25) is 4.79 Å². The average Bonchev–Trinajstić information content (AvgIpc) is 3.05. The van der Waals surface area contributed by atoms with E-state index in [-0.39, 0.29) is 5.78 Å². The zero-order chi connectivity index (χ0) is 15.2. The molecule has 0 aliphatic carbocycles. The van der Waals surface area contributed by atoms with Crippen LogP contribution in [-0.4, -0.2) is 10.8 Å². The van der Waals surface area contributed by atoms with Crippen molar-refractivity contribution < 1.29 is 4.79 Å². The lowest BCUT2D eigenvalue weighted by Crippen LogP contribution is -1.92. The predicted octanol–water partition coefficient (Wildman–Crippen LogP) is 5.30. The molecule has 0 fully saturated rings. The van der Waals surface area contributed by atoms with Crippen LogP contribution in [0.1, 0.15) is 10.4 Å². The highest BCUT2D eigenvalue weighted by Gasteiger charge is 2.04. The van der Waals surface area contributed by atoms with Crippen molar-refractivity contribution in [3.8, 4) is 11.3 Å². The number of hydrogen-bond acceptors (Lipinski definition) is 4. The molecule has 1 aromatic heterocycles. The van der Waals surface area contributed by atoms with E-state index in [9.17, 15) is 4.79 Å². The molecule has 0 unspecified atom stereocenters. The van der Waals surface area contributed by atoms with Crippen LogP contribution in [0, 0.1) is 0 Å². The Kier molecular flexibility index (Phi) is 4.83. The van der Waals surface area contributed by atoms with Gasteiger partial charge in [0, 0.05) is 16.5 Å². The molecule has 0 atom stereocenters. The molecular formula is C18H13NOS2. The van der Waals surface area contributed by atoms with Gasteiger partial charge in [-0.25, -0.2) is 4.98 Å². The fourth-order valence-electron chi connectivity index (χ4n) is 1.91. The number of allylic oxidation sites excluding steroid dienone is 1. The largest absolute Gasteiger partial charge is 0.289 e. The summed E-state index contributed by atoms with van der Waals surface area (Å²) in [6, 6.07) is 19.3. The molecule has 2 aromatic carbocycles. The van der Waals surface area contributed by atoms with E-state index in [1.807, 2.05) is 66.0 Å². The van der Waals surface area contributed by atoms with E-state index >= 15 is 0 Å². The van der Waals surface area contributed by atoms with Gasteiger partial charge < -0.3 is 0 Å². The molecule has 108 valence electrons. The van der Waals surface area contributed by atoms with E-state index in [1.54, 1.807) is 22.8 Å². The summed E-state index contributed by atoms with van der Waals surface area (Å²) in [5.74, 6) is 0.00735. The molecule has 3 rings (SSSR count). The van der Waals surface area contributed by atoms with Crippen molar-refractivity contribution in [2.75, 3.05) is 0 Å². The first kappa shape index (κ1) is 14.8. The van der Waals surface area contributed by atoms with Crippen molar-refractivity contribution in [1.29, 1.82) is 0 Å². The van der Waals surface area contributed by atoms with Gasteiger partial charge in [0.2, 0.25) is 0 Å². The molecule has 0 radical (unpaired) electrons. The molecule has 0 saturated carbocycles. The van der Waals surface area contributed by atoms with Gasteiger partial charge in [0.05, 0.1) is 5.69 Å². The Hall–Kier alpha value is -2.17. The lowest BCUT2D eigenvalue weighted by molar-refractivity contribution is 0.104. The first-order chi connectivity index (χ1) is 10.8. The number of nitrogens with zero attached hydrogens (tertiary/aromatic N) is 1. The molecule has 0 N–H and O–H groups in total. The number of ketones is 1. The first-order valence-electron chi connectivity index (χ1n) is 6.76. The lowest BCUT2D eigenvalue weighted by Gasteiger charge is -1.94. The fraction of sp³-hybridized carbons (Fsp3) is 0. The van der Waals surface area contributed by atoms with E-state index in [2.05, 4.69) is 4.98 Å². The van der Waals surface area contributed by atoms with Crippen LogP contribution in [0.4, 0.5) is 0 Å². The number of aromatic nitrogens is 1. The van der Waals surface area contributed by atoms with Gasteiger partial charge in [0.25, 0.3) is 0 Å². The van der Waals surface area contributed by atoms with Gasteiger partial charge in [0.15, 0.2) is 10.1 Å². The predicted molar refractivity (Wildman–Crippen MR) is 93.3 cm³/mol. The van der Waals surface area contributed by atoms with Gasteiger partial charge >= 0.3 is 0 Å². The maximum absolute atomic E-state index is 11.9. The Bertz CT molecular complexity index is 779. The summed E-state index contributed by atoms with van der Waals surface area (Å²) in [7, 11) is 0. The second kappa shape index (κ2) is 7.20. The van der Waals surface area contributed by atoms with Crippen LogP contribution in [0.15, 0.2) is 81.9 Å². The van der Waals surface area contributed by atoms with Crippen LogP contribution in [0.3, 0.4) is 0 Å². The van der Waals surface area contributed by atoms with Crippen LogP contribution >= 0.6 is 23.1 Å². The smallest absolute Gasteiger partial charge is 0.186 e. The van der Waals surface area contributed by atoms with E-state index in [1.165, 1.54) is 11.8 Å². The van der Waals surface area contributed by atoms with Crippen molar-refractivity contribution in [3.05, 3.63) is 83.1 Å². The monoisotopic (exact) mass is 323 g/mol. The van der Waals surface area contributed by atoms with Gasteiger partial charge in [-0.15, -0.1) is 11.3 Å². The van der Waals surface area contributed by atoms with E-state index in [0.29, 0.717) is 5.56 Å². The van der Waals surface area contributed by atoms with Crippen molar-refractivity contribution in [1.82, 2.24) is 4.98 Å². The highest BCUT2D eigenvalue weighted by molar-refractivity contribution is 8.03. The van der Waals surface area contributed by atoms with Gasteiger partial charge in [-0.1, -0.05) is 72.4 Å². The van der Waals surface area contributed by atoms with Crippen LogP contribution < -0.4 is 0 Å². The lowest BCUT2D eigenvalue weighted by atomic mass is 10.1. The molecular weight excluding hydrogens is 310 g/mol. The zero-order valence-corrected chi connectivity index (χ0v) is 13.3. The summed E-state index contributed by atoms with van der Waals surface area (Å²) in [6.45, 7) is 0. The molecule has 3 aromatic rings. The number of thioether (sulfide) groups is 1. The molecule has 4 heteroatoms. The molecule has 0 aliphatic rings. The SMILES string of the molecule is O=C(/C=C/Sc1nc(-c2ccccc2)cs1)c1ccccc1. The Labute approximate surface area is 137 Å². The normalized spacial score (nSPS) is 10.9. The third kappa shape index (κ3) is 3.72. The third-order valence-electron chi connectivity index (χ3n) is 3.00. The average molecular weight is 323 g/mol. The minimum absolute atomic E-state index is 0.00735. The zero-order valence-electron chi connectivity index (χ0n) is 11.7. The summed E-state index contributed by atoms with van der Waals surface area (Å²) < 4.78 is 0.927. The van der Waals surface area contributed by atoms with Crippen LogP contribution in [0.25, 0.3) is 11.3 Å². The van der Waals surface area contributed by atoms with Crippen molar-refractivity contribution >= 4 is 28.9 Å². The molecule has 0 amide bonds. The molecule has 1 heterocycles. The topological polar surface area (TPSA) is 30.0 Å². The third-order valence-corrected chi connectivity index (χ3v) is 4.78. The number of carbonyl (C=O) groups is 1. The van der Waals surface area contributed by atoms with Gasteiger partial charge in [0.1, 0.15) is 0 Å². The molecule has 22 heavy (non-hydrogen) atoms. The molecule has 0 bridgehead atoms. The number of hydrogen-bond donors (Lipinski definition) is 0. The van der Waals surface area contributed by atoms with Crippen molar-refractivity contribution in [2.24, 2.45) is 0 Å². The quantitative estimate of drug-likeness (QED) is 0.362. The van der Waals surface area contributed by atoms with Gasteiger partial charge in [-0.2, -0.15) is 0 Å². The maximum atomic E-state index is 11.9. The van der Waals surface area contributed by atoms with E-state index in [4.69, 9.17) is 0 Å². The summed E-state index contributed by atoms with van der Waals surface area (Å²) in [5.41, 5.74) is 2.77. The summed E-state index contributed by atoms with van der Waals surface area (Å²) in [5, 5.41) is 3.83. The Morgan fingerprint density at radius 3 is 2.41 bits per heavy atom. The first-order valence-corrected chi connectivity index (χ1v) is 8.52. The fourth-order valence-corrected chi connectivity index (χ4v) is 3.45. The van der Waals surface area contributed by atoms with Crippen LogP contribution in [-0.2, 0) is 0 Å². The Balaban J connectivity index is 1.64. The Morgan fingerprint density at radius 2 is 1.68 bits per heavy atom. The Morgan fingerprint density at radius 1 is 1.00 bits per heavy atom. The number of thiazole rings is 1. The second-order valence-electron chi connectivity index (χ2n) is 4.52. The van der Waals surface area contributed by atoms with Crippen molar-refractivity contribution in [2.45, 2.75) is 4.34 Å². The number of carbonyl (C=O) groups excluding carboxylic acids is 1. The molecule has 0 spiro atoms. The minimum Gasteiger partial charge on any atom is -0.289 e. The van der Waals surface area contributed by atoms with Crippen LogP contribution in [0.5, 0.6) is 0 Å². The summed E-state index contributed by atoms with van der Waals surface area (Å²) in [4.78, 5) is 16.5. The van der Waals surface area contributed by atoms with Crippen molar-refractivity contribution in [3.63, 3.8) is 0 Å². The standard InChI is InChI=1S/C18H13NOS2/c20-17(15-9-5-2-6-10-15)11-12-21-18-19-16(13-22-18)14-7-3-1-4-8-14/h1-13H/b12-11+. The van der Waals surface area contributed by atoms with E-state index < -0.39 is 0 Å². The minimum atomic E-state index is 0.00735. The molecule has 0 aliphatic heterocycles. The summed E-state index contributed by atoms with van der Waals surface area (Å²) >= 11 is 3.05. The highest BCUT2D eigenvalue weighted by Crippen LogP contribution is 2.28. The second-order valence-corrected chi connectivity index (χ2v) is 6.53. The van der Waals surface area contributed by atoms with Gasteiger partial charge in [-0.05, 0) is 11.5 Å². The van der Waals surface area contributed by atoms with E-state index in [0.717, 1.165) is 15.6 Å².